The van der Waals surface area contributed by atoms with E-state index in [2.05, 4.69) is 10.7 Å². The van der Waals surface area contributed by atoms with Crippen LogP contribution in [-0.4, -0.2) is 25.7 Å². The van der Waals surface area contributed by atoms with Crippen LogP contribution in [0.2, 0.25) is 0 Å². The Morgan fingerprint density at radius 2 is 1.62 bits per heavy atom. The molecule has 7 nitrogen and oxygen atoms in total. The van der Waals surface area contributed by atoms with Crippen LogP contribution >= 0.6 is 0 Å². The lowest BCUT2D eigenvalue weighted by Crippen LogP contribution is -2.39. The van der Waals surface area contributed by atoms with E-state index in [1.54, 1.807) is 48.5 Å². The van der Waals surface area contributed by atoms with Gasteiger partial charge < -0.3 is 11.1 Å². The van der Waals surface area contributed by atoms with Gasteiger partial charge in [-0.25, -0.2) is 22.6 Å². The molecule has 208 valence electrons. The van der Waals surface area contributed by atoms with Gasteiger partial charge in [-0.05, 0) is 47.5 Å². The molecule has 0 radical (unpaired) electrons. The molecule has 0 saturated heterocycles. The lowest BCUT2D eigenvalue weighted by molar-refractivity contribution is -0.137. The summed E-state index contributed by atoms with van der Waals surface area (Å²) in [5.41, 5.74) is 8.60. The number of carbonyl (C=O) groups excluding carboxylic acids is 1. The fourth-order valence-electron chi connectivity index (χ4n) is 4.00. The van der Waals surface area contributed by atoms with E-state index >= 15 is 4.39 Å². The van der Waals surface area contributed by atoms with Gasteiger partial charge in [-0.2, -0.15) is 13.2 Å². The van der Waals surface area contributed by atoms with Crippen molar-refractivity contribution in [2.75, 3.05) is 22.7 Å². The molecule has 0 aliphatic rings. The topological polar surface area (TPSA) is 105 Å². The monoisotopic (exact) mass is 572 g/mol. The summed E-state index contributed by atoms with van der Waals surface area (Å²) >= 11 is 0. The Balaban J connectivity index is 1.70. The number of carbonyl (C=O) groups is 1. The Labute approximate surface area is 228 Å². The van der Waals surface area contributed by atoms with Crippen LogP contribution in [0.5, 0.6) is 0 Å². The summed E-state index contributed by atoms with van der Waals surface area (Å²) < 4.78 is 80.6. The van der Waals surface area contributed by atoms with Crippen molar-refractivity contribution in [3.05, 3.63) is 108 Å². The van der Waals surface area contributed by atoms with Gasteiger partial charge in [0.1, 0.15) is 4.90 Å². The Kier molecular flexibility index (Phi) is 8.01. The van der Waals surface area contributed by atoms with Crippen molar-refractivity contribution in [2.24, 2.45) is 0 Å². The Bertz CT molecular complexity index is 1650. The number of hydrogen-bond acceptors (Lipinski definition) is 5. The molecule has 0 bridgehead atoms. The van der Waals surface area contributed by atoms with Crippen LogP contribution in [0.3, 0.4) is 0 Å². The van der Waals surface area contributed by atoms with Gasteiger partial charge in [0, 0.05) is 17.5 Å². The third-order valence-corrected chi connectivity index (χ3v) is 6.93. The maximum Gasteiger partial charge on any atom is 0.416 e. The van der Waals surface area contributed by atoms with Crippen LogP contribution < -0.4 is 16.5 Å². The van der Waals surface area contributed by atoms with E-state index < -0.39 is 44.0 Å². The van der Waals surface area contributed by atoms with Crippen LogP contribution in [0.4, 0.5) is 39.4 Å². The molecule has 40 heavy (non-hydrogen) atoms. The van der Waals surface area contributed by atoms with Crippen molar-refractivity contribution in [1.82, 2.24) is 5.01 Å². The number of nitrogens with one attached hydrogen (secondary N) is 2. The van der Waals surface area contributed by atoms with E-state index in [0.29, 0.717) is 16.9 Å². The highest BCUT2D eigenvalue weighted by Gasteiger charge is 2.31. The van der Waals surface area contributed by atoms with Crippen LogP contribution in [-0.2, 0) is 22.6 Å². The number of sulfone groups is 1. The SMILES string of the molecule is CS(=O)(=O)c1c(-c2ccccc2)ccc(NC(=O)N(Cc2cccc(C(F)(F)F)c2)Nc2cccc(N)c2)c1F. The van der Waals surface area contributed by atoms with Gasteiger partial charge in [-0.1, -0.05) is 54.6 Å². The number of nitrogens with zero attached hydrogens (tertiary/aromatic N) is 1. The standard InChI is InChI=1S/C28H24F4N4O3S/c1-40(38,39)26-23(19-8-3-2-4-9-19)13-14-24(25(26)29)34-27(37)36(35-22-12-6-11-21(33)16-22)17-18-7-5-10-20(15-18)28(30,31)32/h2-16,35H,17,33H2,1H3,(H,34,37). The first-order valence-corrected chi connectivity index (χ1v) is 13.7. The molecular weight excluding hydrogens is 548 g/mol. The largest absolute Gasteiger partial charge is 0.416 e. The molecule has 0 aliphatic carbocycles. The number of anilines is 3. The second-order valence-corrected chi connectivity index (χ2v) is 10.8. The number of rotatable bonds is 7. The smallest absolute Gasteiger partial charge is 0.399 e. The zero-order valence-electron chi connectivity index (χ0n) is 21.0. The number of alkyl halides is 3. The molecule has 0 unspecified atom stereocenters. The van der Waals surface area contributed by atoms with Gasteiger partial charge in [0.25, 0.3) is 0 Å². The van der Waals surface area contributed by atoms with Crippen molar-refractivity contribution in [2.45, 2.75) is 17.6 Å². The molecular formula is C28H24F4N4O3S. The summed E-state index contributed by atoms with van der Waals surface area (Å²) in [6, 6.07) is 20.6. The van der Waals surface area contributed by atoms with Gasteiger partial charge >= 0.3 is 12.2 Å². The van der Waals surface area contributed by atoms with E-state index in [9.17, 15) is 26.4 Å². The molecule has 0 aliphatic heterocycles. The predicted molar refractivity (Wildman–Crippen MR) is 145 cm³/mol. The van der Waals surface area contributed by atoms with Crippen LogP contribution in [0.1, 0.15) is 11.1 Å². The lowest BCUT2D eigenvalue weighted by atomic mass is 10.0. The summed E-state index contributed by atoms with van der Waals surface area (Å²) in [5, 5.41) is 3.26. The first-order valence-electron chi connectivity index (χ1n) is 11.8. The molecule has 0 heterocycles. The highest BCUT2D eigenvalue weighted by Crippen LogP contribution is 2.34. The minimum Gasteiger partial charge on any atom is -0.399 e. The van der Waals surface area contributed by atoms with Crippen LogP contribution in [0.15, 0.2) is 95.9 Å². The highest BCUT2D eigenvalue weighted by atomic mass is 32.2. The van der Waals surface area contributed by atoms with Crippen molar-refractivity contribution in [3.63, 3.8) is 0 Å². The van der Waals surface area contributed by atoms with E-state index in [1.807, 2.05) is 0 Å². The van der Waals surface area contributed by atoms with Crippen LogP contribution in [0, 0.1) is 5.82 Å². The number of halogens is 4. The molecule has 4 aromatic rings. The molecule has 2 amide bonds. The molecule has 4 N–H and O–H groups in total. The predicted octanol–water partition coefficient (Wildman–Crippen LogP) is 6.56. The average molecular weight is 573 g/mol. The fourth-order valence-corrected chi connectivity index (χ4v) is 5.02. The van der Waals surface area contributed by atoms with Crippen LogP contribution in [0.25, 0.3) is 11.1 Å². The van der Waals surface area contributed by atoms with Gasteiger partial charge in [0.15, 0.2) is 15.7 Å². The quantitative estimate of drug-likeness (QED) is 0.132. The molecule has 0 atom stereocenters. The average Bonchev–Trinajstić information content (AvgIpc) is 2.89. The van der Waals surface area contributed by atoms with E-state index in [1.165, 1.54) is 30.3 Å². The van der Waals surface area contributed by atoms with Gasteiger partial charge in [-0.3, -0.25) is 5.43 Å². The molecule has 0 saturated carbocycles. The molecule has 0 aromatic heterocycles. The number of nitrogens with two attached hydrogens (primary N) is 1. The van der Waals surface area contributed by atoms with Crippen molar-refractivity contribution >= 4 is 32.9 Å². The number of nitrogen functional groups attached to an aromatic ring is 1. The Hall–Kier alpha value is -4.58. The number of hydrazine groups is 1. The molecule has 0 fully saturated rings. The molecule has 0 spiro atoms. The Morgan fingerprint density at radius 1 is 0.925 bits per heavy atom. The van der Waals surface area contributed by atoms with Gasteiger partial charge in [-0.15, -0.1) is 0 Å². The zero-order valence-corrected chi connectivity index (χ0v) is 21.9. The molecule has 12 heteroatoms. The van der Waals surface area contributed by atoms with Gasteiger partial charge in [0.2, 0.25) is 0 Å². The molecule has 4 rings (SSSR count). The van der Waals surface area contributed by atoms with Crippen molar-refractivity contribution in [1.29, 1.82) is 0 Å². The van der Waals surface area contributed by atoms with E-state index in [0.717, 1.165) is 23.4 Å². The minimum atomic E-state index is -4.60. The zero-order chi connectivity index (χ0) is 29.1. The summed E-state index contributed by atoms with van der Waals surface area (Å²) in [4.78, 5) is 12.7. The maximum atomic E-state index is 15.7. The van der Waals surface area contributed by atoms with E-state index in [-0.39, 0.29) is 17.7 Å². The highest BCUT2D eigenvalue weighted by molar-refractivity contribution is 7.90. The minimum absolute atomic E-state index is 0.109. The molecule has 4 aromatic carbocycles. The number of urea groups is 1. The third-order valence-electron chi connectivity index (χ3n) is 5.79. The summed E-state index contributed by atoms with van der Waals surface area (Å²) in [6.45, 7) is -0.368. The first kappa shape index (κ1) is 28.4. The number of benzene rings is 4. The second-order valence-electron chi connectivity index (χ2n) is 8.89. The van der Waals surface area contributed by atoms with Gasteiger partial charge in [0.05, 0.1) is 23.5 Å². The summed E-state index contributed by atoms with van der Waals surface area (Å²) in [6.07, 6.45) is -3.75. The van der Waals surface area contributed by atoms with Crippen molar-refractivity contribution in [3.8, 4) is 11.1 Å². The maximum absolute atomic E-state index is 15.7. The Morgan fingerprint density at radius 3 is 2.27 bits per heavy atom. The lowest BCUT2D eigenvalue weighted by Gasteiger charge is -2.26. The van der Waals surface area contributed by atoms with Crippen molar-refractivity contribution < 1.29 is 30.8 Å². The number of hydrogen-bond donors (Lipinski definition) is 3. The fraction of sp³-hybridized carbons (Fsp3) is 0.107. The van der Waals surface area contributed by atoms with E-state index in [4.69, 9.17) is 5.73 Å². The summed E-state index contributed by atoms with van der Waals surface area (Å²) in [7, 11) is -4.09. The summed E-state index contributed by atoms with van der Waals surface area (Å²) in [5.74, 6) is -1.18. The first-order chi connectivity index (χ1) is 18.8. The second kappa shape index (κ2) is 11.3. The number of amides is 2. The normalized spacial score (nSPS) is 11.6. The third kappa shape index (κ3) is 6.70.